The smallest absolute Gasteiger partial charge is 0.264 e. The largest absolute Gasteiger partial charge is 0.490 e. The van der Waals surface area contributed by atoms with Crippen LogP contribution in [0.2, 0.25) is 20.1 Å². The van der Waals surface area contributed by atoms with Crippen molar-refractivity contribution in [3.63, 3.8) is 0 Å². The molecule has 1 fully saturated rings. The minimum atomic E-state index is -0.262. The van der Waals surface area contributed by atoms with Crippen LogP contribution in [0.25, 0.3) is 6.08 Å². The molecule has 11 heteroatoms. The van der Waals surface area contributed by atoms with Crippen LogP contribution in [0.5, 0.6) is 11.5 Å². The monoisotopic (exact) mass is 692 g/mol. The molecule has 0 unspecified atom stereocenters. The van der Waals surface area contributed by atoms with Crippen molar-refractivity contribution in [2.24, 2.45) is 4.99 Å². The van der Waals surface area contributed by atoms with E-state index in [1.165, 1.54) is 11.8 Å². The Morgan fingerprint density at radius 2 is 1.86 bits per heavy atom. The lowest BCUT2D eigenvalue weighted by Crippen LogP contribution is -2.19. The average Bonchev–Trinajstić information content (AvgIpc) is 3.16. The topological polar surface area (TPSA) is 59.9 Å². The molecule has 0 bridgehead atoms. The molecule has 0 aliphatic carbocycles. The zero-order valence-corrected chi connectivity index (χ0v) is 24.6. The Morgan fingerprint density at radius 3 is 2.61 bits per heavy atom. The molecular formula is C25H17Cl4IN2O3S. The van der Waals surface area contributed by atoms with E-state index >= 15 is 0 Å². The van der Waals surface area contributed by atoms with Crippen molar-refractivity contribution >= 4 is 104 Å². The highest BCUT2D eigenvalue weighted by molar-refractivity contribution is 14.1. The minimum absolute atomic E-state index is 0.247. The van der Waals surface area contributed by atoms with Crippen molar-refractivity contribution in [2.75, 3.05) is 6.61 Å². The Balaban J connectivity index is 1.58. The molecule has 1 amide bonds. The van der Waals surface area contributed by atoms with Crippen LogP contribution in [0.3, 0.4) is 0 Å². The Hall–Kier alpha value is -1.62. The summed E-state index contributed by atoms with van der Waals surface area (Å²) in [7, 11) is 0. The second-order valence-corrected chi connectivity index (χ2v) is 11.2. The van der Waals surface area contributed by atoms with Gasteiger partial charge in [0.2, 0.25) is 0 Å². The summed E-state index contributed by atoms with van der Waals surface area (Å²) < 4.78 is 12.7. The first kappa shape index (κ1) is 27.4. The number of amides is 1. The first-order valence-corrected chi connectivity index (χ1v) is 13.9. The van der Waals surface area contributed by atoms with Crippen LogP contribution < -0.4 is 14.8 Å². The third kappa shape index (κ3) is 6.62. The number of amidine groups is 1. The minimum Gasteiger partial charge on any atom is -0.490 e. The maximum atomic E-state index is 12.6. The molecule has 1 aliphatic heterocycles. The van der Waals surface area contributed by atoms with Gasteiger partial charge in [-0.15, -0.1) is 0 Å². The highest BCUT2D eigenvalue weighted by Gasteiger charge is 2.25. The van der Waals surface area contributed by atoms with Crippen LogP contribution in [0.1, 0.15) is 18.1 Å². The molecule has 186 valence electrons. The average molecular weight is 694 g/mol. The fourth-order valence-electron chi connectivity index (χ4n) is 3.18. The summed E-state index contributed by atoms with van der Waals surface area (Å²) in [5.74, 6) is 0.888. The summed E-state index contributed by atoms with van der Waals surface area (Å²) in [6, 6.07) is 14.1. The third-order valence-corrected chi connectivity index (χ3v) is 7.93. The summed E-state index contributed by atoms with van der Waals surface area (Å²) in [5.41, 5.74) is 2.05. The predicted octanol–water partition coefficient (Wildman–Crippen LogP) is 8.77. The molecular weight excluding hydrogens is 677 g/mol. The second kappa shape index (κ2) is 12.3. The number of hydrogen-bond donors (Lipinski definition) is 1. The molecule has 0 radical (unpaired) electrons. The Morgan fingerprint density at radius 1 is 1.06 bits per heavy atom. The number of thioether (sulfide) groups is 1. The van der Waals surface area contributed by atoms with E-state index in [-0.39, 0.29) is 12.5 Å². The van der Waals surface area contributed by atoms with E-state index in [0.717, 1.165) is 14.7 Å². The van der Waals surface area contributed by atoms with Gasteiger partial charge < -0.3 is 14.8 Å². The molecule has 0 spiro atoms. The van der Waals surface area contributed by atoms with Gasteiger partial charge in [0.05, 0.1) is 30.8 Å². The lowest BCUT2D eigenvalue weighted by Gasteiger charge is -2.15. The van der Waals surface area contributed by atoms with E-state index < -0.39 is 0 Å². The molecule has 0 atom stereocenters. The van der Waals surface area contributed by atoms with Gasteiger partial charge in [-0.25, -0.2) is 4.99 Å². The zero-order chi connectivity index (χ0) is 25.8. The fourth-order valence-corrected chi connectivity index (χ4v) is 5.60. The third-order valence-electron chi connectivity index (χ3n) is 4.82. The number of nitrogens with one attached hydrogen (secondary N) is 1. The lowest BCUT2D eigenvalue weighted by molar-refractivity contribution is -0.115. The van der Waals surface area contributed by atoms with Crippen LogP contribution in [0, 0.1) is 3.57 Å². The SMILES string of the molecule is CCOc1cc(/C=C2/SC(=Nc3cccc(Cl)c3Cl)NC2=O)cc(I)c1OCc1ccc(Cl)cc1Cl. The number of benzene rings is 3. The van der Waals surface area contributed by atoms with E-state index in [9.17, 15) is 4.79 Å². The van der Waals surface area contributed by atoms with Gasteiger partial charge in [0.25, 0.3) is 5.91 Å². The molecule has 3 aromatic carbocycles. The van der Waals surface area contributed by atoms with Crippen LogP contribution in [0.15, 0.2) is 58.4 Å². The van der Waals surface area contributed by atoms with Crippen LogP contribution in [0.4, 0.5) is 5.69 Å². The molecule has 36 heavy (non-hydrogen) atoms. The quantitative estimate of drug-likeness (QED) is 0.199. The van der Waals surface area contributed by atoms with Crippen molar-refractivity contribution in [1.29, 1.82) is 0 Å². The van der Waals surface area contributed by atoms with Crippen molar-refractivity contribution in [1.82, 2.24) is 5.32 Å². The number of aliphatic imine (C=N–C) groups is 1. The van der Waals surface area contributed by atoms with Gasteiger partial charge in [-0.1, -0.05) is 58.5 Å². The van der Waals surface area contributed by atoms with Crippen LogP contribution in [-0.2, 0) is 11.4 Å². The number of ether oxygens (including phenoxy) is 2. The van der Waals surface area contributed by atoms with E-state index in [2.05, 4.69) is 32.9 Å². The maximum Gasteiger partial charge on any atom is 0.264 e. The van der Waals surface area contributed by atoms with Gasteiger partial charge in [0.1, 0.15) is 6.61 Å². The number of rotatable bonds is 7. The Kier molecular flexibility index (Phi) is 9.35. The van der Waals surface area contributed by atoms with Crippen molar-refractivity contribution < 1.29 is 14.3 Å². The number of hydrogen-bond acceptors (Lipinski definition) is 5. The highest BCUT2D eigenvalue weighted by atomic mass is 127. The summed E-state index contributed by atoms with van der Waals surface area (Å²) in [4.78, 5) is 17.5. The van der Waals surface area contributed by atoms with Gasteiger partial charge in [-0.3, -0.25) is 4.79 Å². The first-order valence-electron chi connectivity index (χ1n) is 10.5. The van der Waals surface area contributed by atoms with E-state index in [1.807, 2.05) is 25.1 Å². The molecule has 1 aliphatic rings. The zero-order valence-electron chi connectivity index (χ0n) is 18.6. The summed E-state index contributed by atoms with van der Waals surface area (Å²) >= 11 is 27.9. The molecule has 1 N–H and O–H groups in total. The molecule has 0 aromatic heterocycles. The van der Waals surface area contributed by atoms with E-state index in [0.29, 0.717) is 54.0 Å². The number of carbonyl (C=O) groups is 1. The number of carbonyl (C=O) groups excluding carboxylic acids is 1. The summed E-state index contributed by atoms with van der Waals surface area (Å²) in [5, 5.41) is 4.97. The van der Waals surface area contributed by atoms with Gasteiger partial charge in [-0.05, 0) is 89.3 Å². The van der Waals surface area contributed by atoms with Crippen molar-refractivity contribution in [3.05, 3.63) is 88.2 Å². The summed E-state index contributed by atoms with van der Waals surface area (Å²) in [6.45, 7) is 2.58. The van der Waals surface area contributed by atoms with E-state index in [4.69, 9.17) is 55.9 Å². The normalized spacial score (nSPS) is 15.4. The van der Waals surface area contributed by atoms with Gasteiger partial charge in [0.15, 0.2) is 16.7 Å². The molecule has 5 nitrogen and oxygen atoms in total. The Bertz CT molecular complexity index is 1400. The molecule has 3 aromatic rings. The van der Waals surface area contributed by atoms with Crippen LogP contribution in [-0.4, -0.2) is 17.7 Å². The Labute approximate surface area is 246 Å². The van der Waals surface area contributed by atoms with Crippen molar-refractivity contribution in [2.45, 2.75) is 13.5 Å². The lowest BCUT2D eigenvalue weighted by atomic mass is 10.1. The van der Waals surface area contributed by atoms with Gasteiger partial charge in [-0.2, -0.15) is 0 Å². The molecule has 4 rings (SSSR count). The predicted molar refractivity (Wildman–Crippen MR) is 158 cm³/mol. The highest BCUT2D eigenvalue weighted by Crippen LogP contribution is 2.38. The molecule has 0 saturated carbocycles. The fraction of sp³-hybridized carbons (Fsp3) is 0.120. The number of nitrogens with zero attached hydrogens (tertiary/aromatic N) is 1. The van der Waals surface area contributed by atoms with Gasteiger partial charge in [0, 0.05) is 15.6 Å². The maximum absolute atomic E-state index is 12.6. The van der Waals surface area contributed by atoms with E-state index in [1.54, 1.807) is 36.4 Å². The summed E-state index contributed by atoms with van der Waals surface area (Å²) in [6.07, 6.45) is 1.77. The van der Waals surface area contributed by atoms with Crippen molar-refractivity contribution in [3.8, 4) is 11.5 Å². The number of halogens is 5. The molecule has 1 heterocycles. The standard InChI is InChI=1S/C25H17Cl4IN2O3S/c1-2-34-20-9-13(8-18(30)23(20)35-12-14-6-7-15(26)11-17(14)28)10-21-24(33)32-25(36-21)31-19-5-3-4-16(27)22(19)29/h3-11H,2,12H2,1H3,(H,31,32,33)/b21-10+. The first-order chi connectivity index (χ1) is 17.2. The van der Waals surface area contributed by atoms with Gasteiger partial charge >= 0.3 is 0 Å². The second-order valence-electron chi connectivity index (χ2n) is 7.34. The molecule has 1 saturated heterocycles. The van der Waals surface area contributed by atoms with Crippen LogP contribution >= 0.6 is 80.8 Å².